The second kappa shape index (κ2) is 11.3. The fourth-order valence-electron chi connectivity index (χ4n) is 3.14. The largest absolute Gasteiger partial charge is 0.467 e. The Morgan fingerprint density at radius 3 is 2.96 bits per heavy atom. The molecule has 2 aromatic rings. The minimum atomic E-state index is 0.516. The number of aliphatic imine (C=N–C) groups is 1. The van der Waals surface area contributed by atoms with Crippen LogP contribution in [-0.2, 0) is 17.9 Å². The summed E-state index contributed by atoms with van der Waals surface area (Å²) in [6, 6.07) is 7.98. The molecule has 152 valence electrons. The first kappa shape index (κ1) is 20.2. The van der Waals surface area contributed by atoms with E-state index in [1.165, 1.54) is 18.4 Å². The molecule has 1 fully saturated rings. The Morgan fingerprint density at radius 2 is 2.18 bits per heavy atom. The maximum absolute atomic E-state index is 5.61. The van der Waals surface area contributed by atoms with E-state index in [1.54, 1.807) is 6.26 Å². The molecular formula is C21H31N5O2. The van der Waals surface area contributed by atoms with Crippen LogP contribution in [0.5, 0.6) is 0 Å². The first-order valence-corrected chi connectivity index (χ1v) is 10.2. The number of rotatable bonds is 10. The lowest BCUT2D eigenvalue weighted by Gasteiger charge is -2.16. The van der Waals surface area contributed by atoms with Gasteiger partial charge in [0.1, 0.15) is 18.2 Å². The Hall–Kier alpha value is -2.54. The minimum Gasteiger partial charge on any atom is -0.467 e. The van der Waals surface area contributed by atoms with Gasteiger partial charge in [0.15, 0.2) is 5.96 Å². The zero-order valence-corrected chi connectivity index (χ0v) is 16.7. The first-order chi connectivity index (χ1) is 13.8. The van der Waals surface area contributed by atoms with Gasteiger partial charge in [-0.15, -0.1) is 0 Å². The summed E-state index contributed by atoms with van der Waals surface area (Å²) in [4.78, 5) is 11.6. The quantitative estimate of drug-likeness (QED) is 0.372. The number of furan rings is 1. The lowest BCUT2D eigenvalue weighted by atomic mass is 10.2. The van der Waals surface area contributed by atoms with Crippen molar-refractivity contribution in [3.8, 4) is 0 Å². The molecule has 1 saturated heterocycles. The second-order valence-electron chi connectivity index (χ2n) is 6.82. The van der Waals surface area contributed by atoms with Gasteiger partial charge in [-0.2, -0.15) is 0 Å². The third-order valence-electron chi connectivity index (χ3n) is 4.59. The molecule has 1 aliphatic heterocycles. The van der Waals surface area contributed by atoms with E-state index in [1.807, 2.05) is 24.4 Å². The molecule has 0 bridgehead atoms. The third-order valence-corrected chi connectivity index (χ3v) is 4.59. The lowest BCUT2D eigenvalue weighted by Crippen LogP contribution is -2.38. The third kappa shape index (κ3) is 6.56. The Balaban J connectivity index is 1.41. The van der Waals surface area contributed by atoms with E-state index in [-0.39, 0.29) is 0 Å². The number of aromatic nitrogens is 1. The van der Waals surface area contributed by atoms with Gasteiger partial charge >= 0.3 is 0 Å². The highest BCUT2D eigenvalue weighted by Gasteiger charge is 2.13. The molecule has 0 amide bonds. The highest BCUT2D eigenvalue weighted by Crippen LogP contribution is 2.18. The van der Waals surface area contributed by atoms with Crippen molar-refractivity contribution < 1.29 is 9.15 Å². The summed E-state index contributed by atoms with van der Waals surface area (Å²) in [7, 11) is 0. The zero-order valence-electron chi connectivity index (χ0n) is 16.7. The fourth-order valence-corrected chi connectivity index (χ4v) is 3.14. The summed E-state index contributed by atoms with van der Waals surface area (Å²) < 4.78 is 10.9. The molecule has 0 spiro atoms. The topological polar surface area (TPSA) is 74.9 Å². The van der Waals surface area contributed by atoms with Gasteiger partial charge in [-0.3, -0.25) is 0 Å². The van der Waals surface area contributed by atoms with E-state index in [0.29, 0.717) is 19.8 Å². The number of pyridine rings is 1. The van der Waals surface area contributed by atoms with Crippen molar-refractivity contribution >= 4 is 11.8 Å². The van der Waals surface area contributed by atoms with Crippen LogP contribution in [-0.4, -0.2) is 43.7 Å². The van der Waals surface area contributed by atoms with E-state index in [4.69, 9.17) is 14.1 Å². The van der Waals surface area contributed by atoms with Crippen molar-refractivity contribution in [2.24, 2.45) is 4.99 Å². The monoisotopic (exact) mass is 385 g/mol. The fraction of sp³-hybridized carbons (Fsp3) is 0.524. The molecule has 0 unspecified atom stereocenters. The van der Waals surface area contributed by atoms with Crippen LogP contribution in [0.15, 0.2) is 46.1 Å². The average molecular weight is 386 g/mol. The van der Waals surface area contributed by atoms with Crippen molar-refractivity contribution in [1.82, 2.24) is 15.6 Å². The molecule has 7 nitrogen and oxygen atoms in total. The lowest BCUT2D eigenvalue weighted by molar-refractivity contribution is 0.105. The van der Waals surface area contributed by atoms with E-state index >= 15 is 0 Å². The molecular weight excluding hydrogens is 354 g/mol. The SMILES string of the molecule is CCNC(=NCc1ccnc(N2CCCC2)c1)NCCCOCc1ccco1. The van der Waals surface area contributed by atoms with Crippen LogP contribution >= 0.6 is 0 Å². The highest BCUT2D eigenvalue weighted by molar-refractivity contribution is 5.79. The highest BCUT2D eigenvalue weighted by atomic mass is 16.5. The van der Waals surface area contributed by atoms with E-state index < -0.39 is 0 Å². The molecule has 2 N–H and O–H groups in total. The predicted octanol–water partition coefficient (Wildman–Crippen LogP) is 2.94. The summed E-state index contributed by atoms with van der Waals surface area (Å²) in [5.41, 5.74) is 1.18. The normalized spacial score (nSPS) is 14.5. The maximum atomic E-state index is 5.61. The van der Waals surface area contributed by atoms with Crippen molar-refractivity contribution in [2.75, 3.05) is 37.7 Å². The van der Waals surface area contributed by atoms with Crippen LogP contribution in [0.2, 0.25) is 0 Å². The van der Waals surface area contributed by atoms with Crippen molar-refractivity contribution in [1.29, 1.82) is 0 Å². The molecule has 0 atom stereocenters. The Labute approximate surface area is 167 Å². The molecule has 1 aliphatic rings. The molecule has 0 aromatic carbocycles. The predicted molar refractivity (Wildman–Crippen MR) is 111 cm³/mol. The number of ether oxygens (including phenoxy) is 1. The van der Waals surface area contributed by atoms with Gasteiger partial charge in [0.25, 0.3) is 0 Å². The van der Waals surface area contributed by atoms with E-state index in [9.17, 15) is 0 Å². The molecule has 2 aromatic heterocycles. The second-order valence-corrected chi connectivity index (χ2v) is 6.82. The number of anilines is 1. The van der Waals surface area contributed by atoms with Gasteiger partial charge in [0.2, 0.25) is 0 Å². The zero-order chi connectivity index (χ0) is 19.4. The Morgan fingerprint density at radius 1 is 1.29 bits per heavy atom. The van der Waals surface area contributed by atoms with Crippen LogP contribution in [0, 0.1) is 0 Å². The van der Waals surface area contributed by atoms with Crippen molar-refractivity contribution in [3.05, 3.63) is 48.0 Å². The molecule has 28 heavy (non-hydrogen) atoms. The number of nitrogens with zero attached hydrogens (tertiary/aromatic N) is 3. The first-order valence-electron chi connectivity index (χ1n) is 10.2. The minimum absolute atomic E-state index is 0.516. The van der Waals surface area contributed by atoms with E-state index in [0.717, 1.165) is 50.1 Å². The maximum Gasteiger partial charge on any atom is 0.191 e. The molecule has 0 radical (unpaired) electrons. The molecule has 0 saturated carbocycles. The summed E-state index contributed by atoms with van der Waals surface area (Å²) in [5, 5.41) is 6.66. The van der Waals surface area contributed by atoms with E-state index in [2.05, 4.69) is 33.5 Å². The van der Waals surface area contributed by atoms with Crippen LogP contribution in [0.1, 0.15) is 37.5 Å². The van der Waals surface area contributed by atoms with Crippen LogP contribution in [0.4, 0.5) is 5.82 Å². The summed E-state index contributed by atoms with van der Waals surface area (Å²) >= 11 is 0. The van der Waals surface area contributed by atoms with Crippen LogP contribution in [0.25, 0.3) is 0 Å². The van der Waals surface area contributed by atoms with Crippen molar-refractivity contribution in [2.45, 2.75) is 39.3 Å². The smallest absolute Gasteiger partial charge is 0.191 e. The van der Waals surface area contributed by atoms with Gasteiger partial charge in [-0.05, 0) is 56.0 Å². The number of hydrogen-bond acceptors (Lipinski definition) is 5. The number of nitrogens with one attached hydrogen (secondary N) is 2. The van der Waals surface area contributed by atoms with Crippen LogP contribution < -0.4 is 15.5 Å². The summed E-state index contributed by atoms with van der Waals surface area (Å²) in [5.74, 6) is 2.75. The molecule has 0 aliphatic carbocycles. The Kier molecular flexibility index (Phi) is 8.18. The molecule has 3 heterocycles. The van der Waals surface area contributed by atoms with Gasteiger partial charge in [-0.1, -0.05) is 0 Å². The standard InChI is InChI=1S/C21H31N5O2/c1-2-22-21(24-9-6-13-27-17-19-7-5-14-28-19)25-16-18-8-10-23-20(15-18)26-11-3-4-12-26/h5,7-8,10,14-15H,2-4,6,9,11-13,16-17H2,1H3,(H2,22,24,25). The number of hydrogen-bond donors (Lipinski definition) is 2. The van der Waals surface area contributed by atoms with Crippen molar-refractivity contribution in [3.63, 3.8) is 0 Å². The van der Waals surface area contributed by atoms with Gasteiger partial charge in [0.05, 0.1) is 12.8 Å². The Bertz CT molecular complexity index is 711. The number of guanidine groups is 1. The van der Waals surface area contributed by atoms with Gasteiger partial charge in [0, 0.05) is 39.0 Å². The average Bonchev–Trinajstić information content (AvgIpc) is 3.43. The molecule has 3 rings (SSSR count). The van der Waals surface area contributed by atoms with Crippen LogP contribution in [0.3, 0.4) is 0 Å². The summed E-state index contributed by atoms with van der Waals surface area (Å²) in [6.07, 6.45) is 6.96. The van der Waals surface area contributed by atoms with Gasteiger partial charge < -0.3 is 24.7 Å². The van der Waals surface area contributed by atoms with Gasteiger partial charge in [-0.25, -0.2) is 9.98 Å². The molecule has 7 heteroatoms. The summed E-state index contributed by atoms with van der Waals surface area (Å²) in [6.45, 7) is 7.74.